The zero-order valence-corrected chi connectivity index (χ0v) is 10.4. The summed E-state index contributed by atoms with van der Waals surface area (Å²) in [5, 5.41) is 3.66. The van der Waals surface area contributed by atoms with Gasteiger partial charge in [0.05, 0.1) is 12.8 Å². The molecule has 17 heavy (non-hydrogen) atoms. The van der Waals surface area contributed by atoms with Crippen molar-refractivity contribution < 1.29 is 4.74 Å². The van der Waals surface area contributed by atoms with Crippen LogP contribution in [0.4, 0.5) is 0 Å². The minimum absolute atomic E-state index is 0.706. The van der Waals surface area contributed by atoms with E-state index < -0.39 is 0 Å². The van der Waals surface area contributed by atoms with Crippen molar-refractivity contribution in [3.63, 3.8) is 0 Å². The topological polar surface area (TPSA) is 34.1 Å². The molecule has 0 spiro atoms. The Hall–Kier alpha value is -1.09. The molecule has 1 aromatic rings. The van der Waals surface area contributed by atoms with Crippen molar-refractivity contribution in [3.8, 4) is 5.88 Å². The molecule has 0 saturated heterocycles. The molecule has 2 aliphatic rings. The zero-order chi connectivity index (χ0) is 11.7. The van der Waals surface area contributed by atoms with Gasteiger partial charge in [0.2, 0.25) is 5.88 Å². The standard InChI is InChI=1S/C14H20N2O/c1-17-14-4-2-3-12(16-14)9-15-13-8-10-5-6-11(13)7-10/h2-4,10-11,13,15H,5-9H2,1H3. The lowest BCUT2D eigenvalue weighted by Crippen LogP contribution is -2.33. The number of pyridine rings is 1. The molecular weight excluding hydrogens is 212 g/mol. The van der Waals surface area contributed by atoms with Crippen LogP contribution in [0.1, 0.15) is 31.4 Å². The first-order valence-corrected chi connectivity index (χ1v) is 6.58. The van der Waals surface area contributed by atoms with E-state index in [-0.39, 0.29) is 0 Å². The number of nitrogens with one attached hydrogen (secondary N) is 1. The average Bonchev–Trinajstić information content (AvgIpc) is 2.99. The summed E-state index contributed by atoms with van der Waals surface area (Å²) in [5.74, 6) is 2.62. The van der Waals surface area contributed by atoms with Gasteiger partial charge in [-0.25, -0.2) is 4.98 Å². The number of fused-ring (bicyclic) bond motifs is 2. The molecule has 3 rings (SSSR count). The van der Waals surface area contributed by atoms with Crippen LogP contribution in [-0.4, -0.2) is 18.1 Å². The summed E-state index contributed by atoms with van der Waals surface area (Å²) in [6.07, 6.45) is 5.70. The molecule has 2 saturated carbocycles. The summed E-state index contributed by atoms with van der Waals surface area (Å²) in [6, 6.07) is 6.68. The Bertz CT molecular complexity index is 394. The van der Waals surface area contributed by atoms with Crippen LogP contribution in [0.15, 0.2) is 18.2 Å². The molecule has 1 N–H and O–H groups in total. The highest BCUT2D eigenvalue weighted by atomic mass is 16.5. The summed E-state index contributed by atoms with van der Waals surface area (Å²) in [7, 11) is 1.66. The highest BCUT2D eigenvalue weighted by molar-refractivity contribution is 5.15. The minimum Gasteiger partial charge on any atom is -0.481 e. The van der Waals surface area contributed by atoms with Gasteiger partial charge in [-0.1, -0.05) is 12.5 Å². The smallest absolute Gasteiger partial charge is 0.213 e. The SMILES string of the molecule is COc1cccc(CNC2CC3CCC2C3)n1. The van der Waals surface area contributed by atoms with Crippen LogP contribution >= 0.6 is 0 Å². The van der Waals surface area contributed by atoms with Crippen molar-refractivity contribution in [2.24, 2.45) is 11.8 Å². The molecule has 0 amide bonds. The van der Waals surface area contributed by atoms with E-state index >= 15 is 0 Å². The van der Waals surface area contributed by atoms with Crippen LogP contribution in [0.3, 0.4) is 0 Å². The number of nitrogens with zero attached hydrogens (tertiary/aromatic N) is 1. The summed E-state index contributed by atoms with van der Waals surface area (Å²) < 4.78 is 5.14. The Morgan fingerprint density at radius 1 is 1.35 bits per heavy atom. The van der Waals surface area contributed by atoms with E-state index in [1.807, 2.05) is 12.1 Å². The number of rotatable bonds is 4. The van der Waals surface area contributed by atoms with Gasteiger partial charge < -0.3 is 10.1 Å². The quantitative estimate of drug-likeness (QED) is 0.865. The maximum absolute atomic E-state index is 5.14. The zero-order valence-electron chi connectivity index (χ0n) is 10.4. The first kappa shape index (κ1) is 11.0. The second-order valence-electron chi connectivity index (χ2n) is 5.33. The van der Waals surface area contributed by atoms with Gasteiger partial charge in [0.1, 0.15) is 0 Å². The fraction of sp³-hybridized carbons (Fsp3) is 0.643. The van der Waals surface area contributed by atoms with E-state index in [4.69, 9.17) is 4.74 Å². The predicted molar refractivity (Wildman–Crippen MR) is 66.9 cm³/mol. The van der Waals surface area contributed by atoms with Gasteiger partial charge in [-0.05, 0) is 37.2 Å². The first-order valence-electron chi connectivity index (χ1n) is 6.58. The van der Waals surface area contributed by atoms with E-state index in [2.05, 4.69) is 16.4 Å². The van der Waals surface area contributed by atoms with Gasteiger partial charge in [0.15, 0.2) is 0 Å². The third-order valence-corrected chi connectivity index (χ3v) is 4.27. The normalized spacial score (nSPS) is 30.8. The number of aromatic nitrogens is 1. The van der Waals surface area contributed by atoms with Gasteiger partial charge in [0.25, 0.3) is 0 Å². The molecule has 2 bridgehead atoms. The molecule has 1 heterocycles. The van der Waals surface area contributed by atoms with Crippen molar-refractivity contribution in [1.29, 1.82) is 0 Å². The lowest BCUT2D eigenvalue weighted by atomic mass is 9.95. The Kier molecular flexibility index (Phi) is 3.02. The lowest BCUT2D eigenvalue weighted by Gasteiger charge is -2.22. The number of hydrogen-bond acceptors (Lipinski definition) is 3. The van der Waals surface area contributed by atoms with Crippen LogP contribution < -0.4 is 10.1 Å². The van der Waals surface area contributed by atoms with E-state index in [1.165, 1.54) is 25.7 Å². The monoisotopic (exact) mass is 232 g/mol. The van der Waals surface area contributed by atoms with E-state index in [1.54, 1.807) is 7.11 Å². The maximum Gasteiger partial charge on any atom is 0.213 e. The predicted octanol–water partition coefficient (Wildman–Crippen LogP) is 2.37. The van der Waals surface area contributed by atoms with Gasteiger partial charge >= 0.3 is 0 Å². The molecule has 0 aromatic carbocycles. The van der Waals surface area contributed by atoms with Crippen LogP contribution in [0.25, 0.3) is 0 Å². The Morgan fingerprint density at radius 2 is 2.29 bits per heavy atom. The van der Waals surface area contributed by atoms with Gasteiger partial charge in [0, 0.05) is 18.7 Å². The summed E-state index contributed by atoms with van der Waals surface area (Å²) in [6.45, 7) is 0.866. The van der Waals surface area contributed by atoms with Crippen molar-refractivity contribution in [2.45, 2.75) is 38.3 Å². The minimum atomic E-state index is 0.706. The summed E-state index contributed by atoms with van der Waals surface area (Å²) in [5.41, 5.74) is 1.08. The van der Waals surface area contributed by atoms with Crippen molar-refractivity contribution >= 4 is 0 Å². The van der Waals surface area contributed by atoms with E-state index in [0.717, 1.165) is 30.1 Å². The third kappa shape index (κ3) is 2.29. The molecule has 0 aliphatic heterocycles. The fourth-order valence-electron chi connectivity index (χ4n) is 3.40. The van der Waals surface area contributed by atoms with Crippen LogP contribution in [0, 0.1) is 11.8 Å². The van der Waals surface area contributed by atoms with Gasteiger partial charge in [-0.15, -0.1) is 0 Å². The Labute approximate surface area is 103 Å². The molecule has 3 heteroatoms. The van der Waals surface area contributed by atoms with Gasteiger partial charge in [-0.3, -0.25) is 0 Å². The molecule has 0 radical (unpaired) electrons. The molecule has 3 atom stereocenters. The number of ether oxygens (including phenoxy) is 1. The third-order valence-electron chi connectivity index (χ3n) is 4.27. The Balaban J connectivity index is 1.56. The highest BCUT2D eigenvalue weighted by Gasteiger charge is 2.38. The first-order chi connectivity index (χ1) is 8.35. The van der Waals surface area contributed by atoms with E-state index in [0.29, 0.717) is 5.88 Å². The largest absolute Gasteiger partial charge is 0.481 e. The lowest BCUT2D eigenvalue weighted by molar-refractivity contribution is 0.347. The molecule has 3 nitrogen and oxygen atoms in total. The fourth-order valence-corrected chi connectivity index (χ4v) is 3.40. The molecule has 2 aliphatic carbocycles. The van der Waals surface area contributed by atoms with Crippen molar-refractivity contribution in [2.75, 3.05) is 7.11 Å². The van der Waals surface area contributed by atoms with Crippen molar-refractivity contribution in [1.82, 2.24) is 10.3 Å². The van der Waals surface area contributed by atoms with Crippen LogP contribution in [0.5, 0.6) is 5.88 Å². The molecule has 1 aromatic heterocycles. The molecule has 92 valence electrons. The molecule has 2 fully saturated rings. The maximum atomic E-state index is 5.14. The van der Waals surface area contributed by atoms with Gasteiger partial charge in [-0.2, -0.15) is 0 Å². The van der Waals surface area contributed by atoms with E-state index in [9.17, 15) is 0 Å². The Morgan fingerprint density at radius 3 is 3.00 bits per heavy atom. The number of hydrogen-bond donors (Lipinski definition) is 1. The van der Waals surface area contributed by atoms with Crippen LogP contribution in [0.2, 0.25) is 0 Å². The highest BCUT2D eigenvalue weighted by Crippen LogP contribution is 2.44. The molecule has 3 unspecified atom stereocenters. The number of methoxy groups -OCH3 is 1. The summed E-state index contributed by atoms with van der Waals surface area (Å²) >= 11 is 0. The van der Waals surface area contributed by atoms with Crippen LogP contribution in [-0.2, 0) is 6.54 Å². The van der Waals surface area contributed by atoms with Crippen molar-refractivity contribution in [3.05, 3.63) is 23.9 Å². The summed E-state index contributed by atoms with van der Waals surface area (Å²) in [4.78, 5) is 4.43. The average molecular weight is 232 g/mol. The second kappa shape index (κ2) is 4.65. The second-order valence-corrected chi connectivity index (χ2v) is 5.33. The molecular formula is C14H20N2O.